The van der Waals surface area contributed by atoms with Crippen LogP contribution in [0.25, 0.3) is 11.1 Å². The fraction of sp³-hybridized carbons (Fsp3) is 0.143. The second kappa shape index (κ2) is 7.80. The zero-order valence-corrected chi connectivity index (χ0v) is 14.1. The van der Waals surface area contributed by atoms with Gasteiger partial charge in [-0.3, -0.25) is 0 Å². The fourth-order valence-electron chi connectivity index (χ4n) is 2.62. The monoisotopic (exact) mass is 376 g/mol. The first-order valence-corrected chi connectivity index (χ1v) is 8.15. The Morgan fingerprint density at radius 1 is 0.815 bits per heavy atom. The zero-order chi connectivity index (χ0) is 19.4. The molecule has 0 aliphatic carbocycles. The summed E-state index contributed by atoms with van der Waals surface area (Å²) in [7, 11) is 0. The molecule has 0 spiro atoms. The number of halogens is 4. The van der Waals surface area contributed by atoms with E-state index in [4.69, 9.17) is 4.74 Å². The van der Waals surface area contributed by atoms with Crippen molar-refractivity contribution < 1.29 is 27.4 Å². The van der Waals surface area contributed by atoms with Gasteiger partial charge in [0.15, 0.2) is 0 Å². The molecule has 1 N–H and O–H groups in total. The van der Waals surface area contributed by atoms with E-state index in [0.29, 0.717) is 16.9 Å². The first-order chi connectivity index (χ1) is 12.9. The van der Waals surface area contributed by atoms with Crippen LogP contribution in [0.5, 0.6) is 5.75 Å². The van der Waals surface area contributed by atoms with Crippen LogP contribution in [0.15, 0.2) is 66.7 Å². The van der Waals surface area contributed by atoms with Gasteiger partial charge in [0.1, 0.15) is 18.2 Å². The Morgan fingerprint density at radius 3 is 1.96 bits per heavy atom. The van der Waals surface area contributed by atoms with Gasteiger partial charge in [-0.2, -0.15) is 13.2 Å². The van der Waals surface area contributed by atoms with Crippen LogP contribution < -0.4 is 4.74 Å². The van der Waals surface area contributed by atoms with Crippen LogP contribution in [-0.2, 0) is 19.4 Å². The fourth-order valence-corrected chi connectivity index (χ4v) is 2.62. The zero-order valence-electron chi connectivity index (χ0n) is 14.1. The van der Waals surface area contributed by atoms with Crippen LogP contribution in [0.1, 0.15) is 16.7 Å². The summed E-state index contributed by atoms with van der Waals surface area (Å²) >= 11 is 0. The van der Waals surface area contributed by atoms with Gasteiger partial charge in [0, 0.05) is 5.56 Å². The van der Waals surface area contributed by atoms with E-state index >= 15 is 0 Å². The highest BCUT2D eigenvalue weighted by atomic mass is 19.4. The average Bonchev–Trinajstić information content (AvgIpc) is 2.67. The minimum atomic E-state index is -4.35. The van der Waals surface area contributed by atoms with Crippen LogP contribution in [0, 0.1) is 5.82 Å². The van der Waals surface area contributed by atoms with E-state index in [1.165, 1.54) is 30.3 Å². The minimum Gasteiger partial charge on any atom is -0.489 e. The molecular weight excluding hydrogens is 360 g/mol. The van der Waals surface area contributed by atoms with Crippen molar-refractivity contribution in [2.45, 2.75) is 19.4 Å². The molecule has 0 aliphatic heterocycles. The Bertz CT molecular complexity index is 901. The van der Waals surface area contributed by atoms with E-state index in [0.717, 1.165) is 23.3 Å². The van der Waals surface area contributed by atoms with E-state index in [1.807, 2.05) is 0 Å². The maximum absolute atomic E-state index is 13.2. The van der Waals surface area contributed by atoms with Gasteiger partial charge in [-0.05, 0) is 47.0 Å². The number of hydrogen-bond acceptors (Lipinski definition) is 2. The summed E-state index contributed by atoms with van der Waals surface area (Å²) in [5.41, 5.74) is 1.97. The molecule has 0 bridgehead atoms. The Hall–Kier alpha value is -2.86. The van der Waals surface area contributed by atoms with Gasteiger partial charge in [-0.15, -0.1) is 0 Å². The molecule has 0 radical (unpaired) electrons. The molecule has 2 nitrogen and oxygen atoms in total. The van der Waals surface area contributed by atoms with Crippen LogP contribution in [-0.4, -0.2) is 5.11 Å². The standard InChI is InChI=1S/C21H16F4O2/c22-19-9-10-20(17(11-19)12-26)27-13-14-1-3-15(4-2-14)16-5-7-18(8-6-16)21(23,24)25/h1-11,26H,12-13H2. The smallest absolute Gasteiger partial charge is 0.416 e. The number of alkyl halides is 3. The summed E-state index contributed by atoms with van der Waals surface area (Å²) in [6.45, 7) is -0.119. The minimum absolute atomic E-state index is 0.214. The molecule has 0 unspecified atom stereocenters. The first-order valence-electron chi connectivity index (χ1n) is 8.15. The third-order valence-corrected chi connectivity index (χ3v) is 4.09. The molecule has 3 rings (SSSR count). The molecule has 0 heterocycles. The van der Waals surface area contributed by atoms with E-state index in [2.05, 4.69) is 0 Å². The van der Waals surface area contributed by atoms with Gasteiger partial charge >= 0.3 is 6.18 Å². The molecular formula is C21H16F4O2. The quantitative estimate of drug-likeness (QED) is 0.589. The summed E-state index contributed by atoms with van der Waals surface area (Å²) in [5, 5.41) is 9.26. The van der Waals surface area contributed by atoms with Crippen molar-refractivity contribution in [2.75, 3.05) is 0 Å². The van der Waals surface area contributed by atoms with Crippen molar-refractivity contribution in [3.05, 3.63) is 89.2 Å². The van der Waals surface area contributed by atoms with Crippen LogP contribution in [0.4, 0.5) is 17.6 Å². The molecule has 3 aromatic rings. The van der Waals surface area contributed by atoms with Crippen molar-refractivity contribution in [3.8, 4) is 16.9 Å². The highest BCUT2D eigenvalue weighted by Gasteiger charge is 2.29. The summed E-state index contributed by atoms with van der Waals surface area (Å²) in [6.07, 6.45) is -4.35. The first kappa shape index (κ1) is 18.9. The number of ether oxygens (including phenoxy) is 1. The average molecular weight is 376 g/mol. The van der Waals surface area contributed by atoms with E-state index in [9.17, 15) is 22.7 Å². The molecule has 0 amide bonds. The molecule has 3 aromatic carbocycles. The lowest BCUT2D eigenvalue weighted by Crippen LogP contribution is -2.04. The Labute approximate surface area is 153 Å². The lowest BCUT2D eigenvalue weighted by atomic mass is 10.0. The van der Waals surface area contributed by atoms with Crippen molar-refractivity contribution in [1.29, 1.82) is 0 Å². The van der Waals surface area contributed by atoms with E-state index in [1.54, 1.807) is 24.3 Å². The second-order valence-corrected chi connectivity index (χ2v) is 5.97. The molecule has 0 fully saturated rings. The number of aliphatic hydroxyl groups is 1. The third kappa shape index (κ3) is 4.65. The second-order valence-electron chi connectivity index (χ2n) is 5.97. The summed E-state index contributed by atoms with van der Waals surface area (Å²) in [6, 6.07) is 16.1. The predicted octanol–water partition coefficient (Wildman–Crippen LogP) is 5.58. The van der Waals surface area contributed by atoms with Crippen LogP contribution in [0.3, 0.4) is 0 Å². The van der Waals surface area contributed by atoms with E-state index < -0.39 is 17.6 Å². The molecule has 0 saturated carbocycles. The highest BCUT2D eigenvalue weighted by molar-refractivity contribution is 5.64. The van der Waals surface area contributed by atoms with Gasteiger partial charge in [-0.1, -0.05) is 36.4 Å². The third-order valence-electron chi connectivity index (χ3n) is 4.09. The number of rotatable bonds is 5. The molecule has 0 atom stereocenters. The SMILES string of the molecule is OCc1cc(F)ccc1OCc1ccc(-c2ccc(C(F)(F)F)cc2)cc1. The Morgan fingerprint density at radius 2 is 1.41 bits per heavy atom. The van der Waals surface area contributed by atoms with E-state index in [-0.39, 0.29) is 13.2 Å². The van der Waals surface area contributed by atoms with Gasteiger partial charge in [0.2, 0.25) is 0 Å². The lowest BCUT2D eigenvalue weighted by Gasteiger charge is -2.11. The van der Waals surface area contributed by atoms with Gasteiger partial charge in [-0.25, -0.2) is 4.39 Å². The Kier molecular flexibility index (Phi) is 5.46. The van der Waals surface area contributed by atoms with Crippen molar-refractivity contribution in [1.82, 2.24) is 0 Å². The molecule has 0 aliphatic rings. The molecule has 27 heavy (non-hydrogen) atoms. The maximum Gasteiger partial charge on any atom is 0.416 e. The van der Waals surface area contributed by atoms with Gasteiger partial charge in [0.25, 0.3) is 0 Å². The highest BCUT2D eigenvalue weighted by Crippen LogP contribution is 2.31. The molecule has 140 valence electrons. The molecule has 0 aromatic heterocycles. The number of benzene rings is 3. The summed E-state index contributed by atoms with van der Waals surface area (Å²) in [4.78, 5) is 0. The maximum atomic E-state index is 13.2. The lowest BCUT2D eigenvalue weighted by molar-refractivity contribution is -0.137. The predicted molar refractivity (Wildman–Crippen MR) is 93.5 cm³/mol. The van der Waals surface area contributed by atoms with Crippen molar-refractivity contribution in [2.24, 2.45) is 0 Å². The summed E-state index contributed by atoms with van der Waals surface area (Å²) < 4.78 is 56.7. The summed E-state index contributed by atoms with van der Waals surface area (Å²) in [5.74, 6) is -0.0574. The molecule has 6 heteroatoms. The Balaban J connectivity index is 1.69. The number of aliphatic hydroxyl groups excluding tert-OH is 1. The van der Waals surface area contributed by atoms with Crippen LogP contribution >= 0.6 is 0 Å². The number of hydrogen-bond donors (Lipinski definition) is 1. The topological polar surface area (TPSA) is 29.5 Å². The largest absolute Gasteiger partial charge is 0.489 e. The van der Waals surface area contributed by atoms with Gasteiger partial charge < -0.3 is 9.84 Å². The molecule has 0 saturated heterocycles. The van der Waals surface area contributed by atoms with Crippen molar-refractivity contribution >= 4 is 0 Å². The van der Waals surface area contributed by atoms with Crippen LogP contribution in [0.2, 0.25) is 0 Å². The van der Waals surface area contributed by atoms with Gasteiger partial charge in [0.05, 0.1) is 12.2 Å². The van der Waals surface area contributed by atoms with Crippen molar-refractivity contribution in [3.63, 3.8) is 0 Å². The normalized spacial score (nSPS) is 11.4.